The minimum Gasteiger partial charge on any atom is -1.00 e. The molecule has 0 bridgehead atoms. The molecule has 0 spiro atoms. The molecule has 1 fully saturated rings. The van der Waals surface area contributed by atoms with E-state index in [-0.39, 0.29) is 17.8 Å². The number of carbonyl (C=O) groups is 1. The molecule has 1 aliphatic rings. The largest absolute Gasteiger partial charge is 1.00 e. The molecule has 0 amide bonds. The molecule has 16 heavy (non-hydrogen) atoms. The van der Waals surface area contributed by atoms with E-state index >= 15 is 0 Å². The van der Waals surface area contributed by atoms with Gasteiger partial charge in [0.2, 0.25) is 0 Å². The highest BCUT2D eigenvalue weighted by atomic mass is 35.5. The van der Waals surface area contributed by atoms with Crippen molar-refractivity contribution < 1.29 is 28.0 Å². The molecule has 1 aliphatic carbocycles. The Morgan fingerprint density at radius 2 is 1.94 bits per heavy atom. The van der Waals surface area contributed by atoms with Crippen molar-refractivity contribution in [2.75, 3.05) is 6.54 Å². The van der Waals surface area contributed by atoms with Crippen LogP contribution in [-0.4, -0.2) is 17.6 Å². The van der Waals surface area contributed by atoms with Crippen LogP contribution in [0.1, 0.15) is 46.0 Å². The zero-order valence-electron chi connectivity index (χ0n) is 10.3. The molecular weight excluding hydrogens is 226 g/mol. The van der Waals surface area contributed by atoms with Crippen LogP contribution in [-0.2, 0) is 4.79 Å². The van der Waals surface area contributed by atoms with Crippen LogP contribution in [0.5, 0.6) is 0 Å². The third kappa shape index (κ3) is 3.95. The zero-order valence-corrected chi connectivity index (χ0v) is 11.1. The number of rotatable bonds is 4. The predicted octanol–water partition coefficient (Wildman–Crippen LogP) is -1.46. The van der Waals surface area contributed by atoms with Crippen molar-refractivity contribution in [3.8, 4) is 0 Å². The van der Waals surface area contributed by atoms with Gasteiger partial charge in [-0.05, 0) is 37.5 Å². The van der Waals surface area contributed by atoms with Gasteiger partial charge in [-0.2, -0.15) is 0 Å². The molecule has 0 saturated heterocycles. The minimum atomic E-state index is -0.665. The fraction of sp³-hybridized carbons (Fsp3) is 0.917. The van der Waals surface area contributed by atoms with Gasteiger partial charge in [-0.3, -0.25) is 4.79 Å². The van der Waals surface area contributed by atoms with E-state index in [9.17, 15) is 4.79 Å². The standard InChI is InChI=1S/C12H23NO2.ClH/c1-9(2)10-3-5-12(8-13,6-4-10)7-11(14)15;/h9-10H,3-8,13H2,1-2H3,(H,14,15);1H. The average molecular weight is 250 g/mol. The van der Waals surface area contributed by atoms with Gasteiger partial charge >= 0.3 is 5.97 Å². The number of carboxylic acids is 1. The molecule has 0 atom stereocenters. The normalized spacial score (nSPS) is 29.9. The maximum absolute atomic E-state index is 10.8. The average Bonchev–Trinajstić information content (AvgIpc) is 2.17. The van der Waals surface area contributed by atoms with Crippen LogP contribution in [0.3, 0.4) is 0 Å². The van der Waals surface area contributed by atoms with Crippen molar-refractivity contribution in [3.05, 3.63) is 0 Å². The number of carboxylic acid groups (broad SMARTS) is 1. The lowest BCUT2D eigenvalue weighted by molar-refractivity contribution is -0.395. The van der Waals surface area contributed by atoms with Crippen molar-refractivity contribution in [3.63, 3.8) is 0 Å². The second kappa shape index (κ2) is 6.45. The molecule has 0 aliphatic heterocycles. The predicted molar refractivity (Wildman–Crippen MR) is 59.2 cm³/mol. The van der Waals surface area contributed by atoms with Gasteiger partial charge in [0.25, 0.3) is 0 Å². The summed E-state index contributed by atoms with van der Waals surface area (Å²) in [5, 5.41) is 8.91. The summed E-state index contributed by atoms with van der Waals surface area (Å²) in [5.41, 5.74) is 3.94. The monoisotopic (exact) mass is 249 g/mol. The molecule has 96 valence electrons. The first-order valence-electron chi connectivity index (χ1n) is 6.00. The molecule has 0 aromatic heterocycles. The van der Waals surface area contributed by atoms with E-state index < -0.39 is 5.97 Å². The Morgan fingerprint density at radius 3 is 2.25 bits per heavy atom. The number of aliphatic carboxylic acids is 1. The first-order chi connectivity index (χ1) is 6.99. The van der Waals surface area contributed by atoms with Crippen molar-refractivity contribution >= 4 is 5.97 Å². The number of hydrogen-bond donors (Lipinski definition) is 2. The summed E-state index contributed by atoms with van der Waals surface area (Å²) in [4.78, 5) is 10.8. The topological polar surface area (TPSA) is 64.9 Å². The summed E-state index contributed by atoms with van der Waals surface area (Å²) in [5.74, 6) is 0.859. The van der Waals surface area contributed by atoms with E-state index in [4.69, 9.17) is 5.11 Å². The second-order valence-corrected chi connectivity index (χ2v) is 5.40. The van der Waals surface area contributed by atoms with Crippen LogP contribution in [0, 0.1) is 17.3 Å². The number of quaternary nitrogens is 1. The van der Waals surface area contributed by atoms with E-state index in [1.54, 1.807) is 0 Å². The Labute approximate surface area is 104 Å². The fourth-order valence-electron chi connectivity index (χ4n) is 2.76. The molecule has 0 aromatic rings. The van der Waals surface area contributed by atoms with Crippen LogP contribution in [0.25, 0.3) is 0 Å². The summed E-state index contributed by atoms with van der Waals surface area (Å²) in [6, 6.07) is 0. The SMILES string of the molecule is CC(C)C1CCC(C[NH3+])(CC(=O)O)CC1.[Cl-]. The molecule has 0 unspecified atom stereocenters. The molecule has 0 aromatic carbocycles. The van der Waals surface area contributed by atoms with Gasteiger partial charge in [0, 0.05) is 5.41 Å². The second-order valence-electron chi connectivity index (χ2n) is 5.40. The van der Waals surface area contributed by atoms with Crippen molar-refractivity contribution in [2.24, 2.45) is 17.3 Å². The lowest BCUT2D eigenvalue weighted by atomic mass is 9.66. The van der Waals surface area contributed by atoms with E-state index in [0.29, 0.717) is 6.42 Å². The van der Waals surface area contributed by atoms with Gasteiger partial charge in [-0.25, -0.2) is 0 Å². The van der Waals surface area contributed by atoms with Gasteiger partial charge in [0.15, 0.2) is 0 Å². The highest BCUT2D eigenvalue weighted by Gasteiger charge is 2.38. The summed E-state index contributed by atoms with van der Waals surface area (Å²) in [7, 11) is 0. The maximum Gasteiger partial charge on any atom is 0.304 e. The smallest absolute Gasteiger partial charge is 0.304 e. The van der Waals surface area contributed by atoms with Gasteiger partial charge in [-0.1, -0.05) is 13.8 Å². The van der Waals surface area contributed by atoms with E-state index in [2.05, 4.69) is 19.6 Å². The summed E-state index contributed by atoms with van der Waals surface area (Å²) >= 11 is 0. The highest BCUT2D eigenvalue weighted by Crippen LogP contribution is 2.42. The van der Waals surface area contributed by atoms with E-state index in [0.717, 1.165) is 31.2 Å². The summed E-state index contributed by atoms with van der Waals surface area (Å²) < 4.78 is 0. The first-order valence-corrected chi connectivity index (χ1v) is 6.00. The maximum atomic E-state index is 10.8. The molecule has 0 heterocycles. The molecule has 3 nitrogen and oxygen atoms in total. The summed E-state index contributed by atoms with van der Waals surface area (Å²) in [6.07, 6.45) is 4.76. The van der Waals surface area contributed by atoms with E-state index in [1.165, 1.54) is 12.8 Å². The number of hydrogen-bond acceptors (Lipinski definition) is 1. The number of halogens is 1. The Bertz CT molecular complexity index is 223. The lowest BCUT2D eigenvalue weighted by Crippen LogP contribution is -3.00. The Hall–Kier alpha value is -0.280. The Kier molecular flexibility index (Phi) is 6.34. The molecule has 4 heteroatoms. The molecule has 0 radical (unpaired) electrons. The van der Waals surface area contributed by atoms with E-state index in [1.807, 2.05) is 0 Å². The van der Waals surface area contributed by atoms with Crippen LogP contribution in [0.15, 0.2) is 0 Å². The Balaban J connectivity index is 0.00000225. The minimum absolute atomic E-state index is 0. The molecule has 4 N–H and O–H groups in total. The van der Waals surface area contributed by atoms with Crippen molar-refractivity contribution in [1.82, 2.24) is 0 Å². The molecule has 1 saturated carbocycles. The van der Waals surface area contributed by atoms with Crippen LogP contribution in [0.4, 0.5) is 0 Å². The Morgan fingerprint density at radius 1 is 1.44 bits per heavy atom. The van der Waals surface area contributed by atoms with Gasteiger partial charge in [0.1, 0.15) is 0 Å². The van der Waals surface area contributed by atoms with Crippen molar-refractivity contribution in [2.45, 2.75) is 46.0 Å². The van der Waals surface area contributed by atoms with Gasteiger partial charge in [-0.15, -0.1) is 0 Å². The lowest BCUT2D eigenvalue weighted by Gasteiger charge is -2.38. The molecular formula is C12H24ClNO2. The van der Waals surface area contributed by atoms with Crippen LogP contribution in [0.2, 0.25) is 0 Å². The first kappa shape index (κ1) is 15.7. The van der Waals surface area contributed by atoms with Gasteiger partial charge < -0.3 is 23.2 Å². The highest BCUT2D eigenvalue weighted by molar-refractivity contribution is 5.67. The zero-order chi connectivity index (χ0) is 11.5. The molecule has 1 rings (SSSR count). The third-order valence-electron chi connectivity index (χ3n) is 4.09. The van der Waals surface area contributed by atoms with Crippen LogP contribution < -0.4 is 18.1 Å². The quantitative estimate of drug-likeness (QED) is 0.640. The van der Waals surface area contributed by atoms with Crippen LogP contribution >= 0.6 is 0 Å². The van der Waals surface area contributed by atoms with Gasteiger partial charge in [0.05, 0.1) is 13.0 Å². The fourth-order valence-corrected chi connectivity index (χ4v) is 2.76. The summed E-state index contributed by atoms with van der Waals surface area (Å²) in [6.45, 7) is 5.29. The van der Waals surface area contributed by atoms with Crippen molar-refractivity contribution in [1.29, 1.82) is 0 Å². The third-order valence-corrected chi connectivity index (χ3v) is 4.09.